The zero-order valence-electron chi connectivity index (χ0n) is 27.7. The van der Waals surface area contributed by atoms with Crippen LogP contribution >= 0.6 is 0 Å². The predicted octanol–water partition coefficient (Wildman–Crippen LogP) is 7.68. The average molecular weight is 649 g/mol. The quantitative estimate of drug-likeness (QED) is 0.0824. The topological polar surface area (TPSA) is 114 Å². The van der Waals surface area contributed by atoms with Crippen LogP contribution in [0.25, 0.3) is 0 Å². The van der Waals surface area contributed by atoms with E-state index in [-0.39, 0.29) is 0 Å². The largest absolute Gasteiger partial charge is 0.377 e. The molecule has 0 unspecified atom stereocenters. The molecule has 0 amide bonds. The van der Waals surface area contributed by atoms with Crippen LogP contribution in [0.2, 0.25) is 0 Å². The van der Waals surface area contributed by atoms with Crippen LogP contribution < -0.4 is 0 Å². The van der Waals surface area contributed by atoms with E-state index in [1.807, 2.05) is 73.2 Å². The summed E-state index contributed by atoms with van der Waals surface area (Å²) in [5, 5.41) is 0. The van der Waals surface area contributed by atoms with Crippen molar-refractivity contribution in [2.75, 3.05) is 19.8 Å². The fourth-order valence-corrected chi connectivity index (χ4v) is 4.65. The number of rotatable bonds is 18. The van der Waals surface area contributed by atoms with Gasteiger partial charge in [-0.2, -0.15) is 0 Å². The van der Waals surface area contributed by atoms with Gasteiger partial charge in [0, 0.05) is 55.5 Å². The predicted molar refractivity (Wildman–Crippen MR) is 189 cm³/mol. The summed E-state index contributed by atoms with van der Waals surface area (Å²) < 4.78 is 16.8. The summed E-state index contributed by atoms with van der Waals surface area (Å²) in [7, 11) is 0. The zero-order chi connectivity index (χ0) is 33.2. The second kappa shape index (κ2) is 23.5. The van der Waals surface area contributed by atoms with Crippen molar-refractivity contribution in [3.8, 4) is 0 Å². The van der Waals surface area contributed by atoms with Crippen molar-refractivity contribution in [2.45, 2.75) is 58.3 Å². The summed E-state index contributed by atoms with van der Waals surface area (Å²) in [4.78, 5) is 21.2. The van der Waals surface area contributed by atoms with Crippen molar-refractivity contribution in [1.29, 1.82) is 0 Å². The van der Waals surface area contributed by atoms with Gasteiger partial charge in [0.2, 0.25) is 0 Å². The highest BCUT2D eigenvalue weighted by Gasteiger charge is 1.97. The fourth-order valence-electron chi connectivity index (χ4n) is 4.65. The molecule has 0 aliphatic rings. The van der Waals surface area contributed by atoms with Crippen molar-refractivity contribution in [1.82, 2.24) is 29.9 Å². The Morgan fingerprint density at radius 2 is 0.688 bits per heavy atom. The van der Waals surface area contributed by atoms with Crippen molar-refractivity contribution < 1.29 is 14.2 Å². The number of nitrogens with one attached hydrogen (secondary N) is 3. The van der Waals surface area contributed by atoms with E-state index in [2.05, 4.69) is 66.3 Å². The maximum atomic E-state index is 5.58. The molecule has 6 rings (SSSR count). The maximum absolute atomic E-state index is 5.58. The molecule has 48 heavy (non-hydrogen) atoms. The first-order valence-corrected chi connectivity index (χ1v) is 16.6. The molecule has 9 nitrogen and oxygen atoms in total. The Morgan fingerprint density at radius 1 is 0.396 bits per heavy atom. The molecular formula is C39H48N6O3. The van der Waals surface area contributed by atoms with E-state index in [0.717, 1.165) is 58.3 Å². The Kier molecular flexibility index (Phi) is 17.6. The third-order valence-corrected chi connectivity index (χ3v) is 7.20. The van der Waals surface area contributed by atoms with Crippen LogP contribution in [0.15, 0.2) is 129 Å². The molecule has 9 heteroatoms. The van der Waals surface area contributed by atoms with Crippen molar-refractivity contribution >= 4 is 0 Å². The van der Waals surface area contributed by atoms with Gasteiger partial charge >= 0.3 is 0 Å². The lowest BCUT2D eigenvalue weighted by molar-refractivity contribution is 0.118. The third-order valence-electron chi connectivity index (χ3n) is 7.20. The number of H-pyrrole nitrogens is 3. The molecule has 0 saturated carbocycles. The smallest absolute Gasteiger partial charge is 0.0921 e. The lowest BCUT2D eigenvalue weighted by Gasteiger charge is -2.03. The lowest BCUT2D eigenvalue weighted by Crippen LogP contribution is -1.97. The van der Waals surface area contributed by atoms with Crippen LogP contribution in [0.3, 0.4) is 0 Å². The molecule has 3 aromatic carbocycles. The average Bonchev–Trinajstić information content (AvgIpc) is 3.96. The molecule has 0 radical (unpaired) electrons. The summed E-state index contributed by atoms with van der Waals surface area (Å²) in [6.45, 7) is 4.45. The minimum absolute atomic E-state index is 0.698. The van der Waals surface area contributed by atoms with Gasteiger partial charge in [-0.05, 0) is 55.2 Å². The number of imidazole rings is 3. The number of hydrogen-bond acceptors (Lipinski definition) is 6. The van der Waals surface area contributed by atoms with Crippen LogP contribution in [0.1, 0.15) is 53.0 Å². The molecule has 0 atom stereocenters. The van der Waals surface area contributed by atoms with E-state index in [4.69, 9.17) is 14.2 Å². The van der Waals surface area contributed by atoms with Crippen LogP contribution in [0, 0.1) is 0 Å². The molecule has 252 valence electrons. The molecular weight excluding hydrogens is 600 g/mol. The number of hydrogen-bond donors (Lipinski definition) is 3. The Balaban J connectivity index is 0.000000163. The first-order chi connectivity index (χ1) is 23.8. The molecule has 0 bridgehead atoms. The van der Waals surface area contributed by atoms with Gasteiger partial charge < -0.3 is 29.2 Å². The van der Waals surface area contributed by atoms with Crippen LogP contribution in [0.5, 0.6) is 0 Å². The summed E-state index contributed by atoms with van der Waals surface area (Å²) in [5.41, 5.74) is 7.19. The van der Waals surface area contributed by atoms with Gasteiger partial charge in [0.15, 0.2) is 0 Å². The van der Waals surface area contributed by atoms with Crippen molar-refractivity contribution in [2.24, 2.45) is 0 Å². The maximum Gasteiger partial charge on any atom is 0.0921 e. The Labute approximate surface area is 284 Å². The van der Waals surface area contributed by atoms with E-state index < -0.39 is 0 Å². The van der Waals surface area contributed by atoms with Gasteiger partial charge in [0.05, 0.1) is 38.8 Å². The Hall–Kier alpha value is -4.83. The SMILES string of the molecule is c1ccc(COCCCc2cnc[nH]2)cc1.c1ccc(COCCCc2cnc[nH]2)cc1.c1ccc(COCCCc2cnc[nH]2)cc1. The minimum atomic E-state index is 0.698. The standard InChI is InChI=1S/3C13H16N2O/c3*1-2-5-12(6-3-1)10-16-8-4-7-13-9-14-11-15-13/h3*1-3,5-6,9,11H,4,7-8,10H2,(H,14,15). The molecule has 3 heterocycles. The molecule has 6 aromatic rings. The van der Waals surface area contributed by atoms with Crippen LogP contribution in [-0.2, 0) is 53.3 Å². The van der Waals surface area contributed by atoms with Gasteiger partial charge in [-0.1, -0.05) is 91.0 Å². The highest BCUT2D eigenvalue weighted by Crippen LogP contribution is 2.05. The second-order valence-electron chi connectivity index (χ2n) is 11.2. The Morgan fingerprint density at radius 3 is 0.938 bits per heavy atom. The van der Waals surface area contributed by atoms with Gasteiger partial charge in [0.1, 0.15) is 0 Å². The van der Waals surface area contributed by atoms with E-state index in [0.29, 0.717) is 19.8 Å². The fraction of sp³-hybridized carbons (Fsp3) is 0.308. The number of aromatic amines is 3. The Bertz CT molecular complexity index is 1340. The molecule has 0 aliphatic carbocycles. The summed E-state index contributed by atoms with van der Waals surface area (Å²) in [5.74, 6) is 0. The minimum Gasteiger partial charge on any atom is -0.377 e. The summed E-state index contributed by atoms with van der Waals surface area (Å²) >= 11 is 0. The van der Waals surface area contributed by atoms with E-state index >= 15 is 0 Å². The van der Waals surface area contributed by atoms with Gasteiger partial charge in [0.25, 0.3) is 0 Å². The van der Waals surface area contributed by atoms with Crippen molar-refractivity contribution in [3.05, 3.63) is 162 Å². The molecule has 0 spiro atoms. The lowest BCUT2D eigenvalue weighted by atomic mass is 10.2. The van der Waals surface area contributed by atoms with Crippen LogP contribution in [-0.4, -0.2) is 49.7 Å². The molecule has 3 N–H and O–H groups in total. The first kappa shape index (κ1) is 36.0. The highest BCUT2D eigenvalue weighted by atomic mass is 16.5. The van der Waals surface area contributed by atoms with Crippen LogP contribution in [0.4, 0.5) is 0 Å². The van der Waals surface area contributed by atoms with E-state index in [9.17, 15) is 0 Å². The van der Waals surface area contributed by atoms with E-state index in [1.165, 1.54) is 33.8 Å². The van der Waals surface area contributed by atoms with Gasteiger partial charge in [-0.25, -0.2) is 15.0 Å². The number of aromatic nitrogens is 6. The molecule has 3 aromatic heterocycles. The second-order valence-corrected chi connectivity index (χ2v) is 11.2. The summed E-state index contributed by atoms with van der Waals surface area (Å²) in [6, 6.07) is 30.7. The highest BCUT2D eigenvalue weighted by molar-refractivity contribution is 5.14. The molecule has 0 aliphatic heterocycles. The third kappa shape index (κ3) is 16.1. The normalized spacial score (nSPS) is 10.5. The zero-order valence-corrected chi connectivity index (χ0v) is 27.7. The number of benzene rings is 3. The molecule has 0 fully saturated rings. The van der Waals surface area contributed by atoms with Gasteiger partial charge in [-0.15, -0.1) is 0 Å². The number of aryl methyl sites for hydroxylation is 3. The number of nitrogens with zero attached hydrogens (tertiary/aromatic N) is 3. The first-order valence-electron chi connectivity index (χ1n) is 16.6. The number of ether oxygens (including phenoxy) is 3. The van der Waals surface area contributed by atoms with Crippen molar-refractivity contribution in [3.63, 3.8) is 0 Å². The van der Waals surface area contributed by atoms with Gasteiger partial charge in [-0.3, -0.25) is 0 Å². The molecule has 0 saturated heterocycles. The monoisotopic (exact) mass is 648 g/mol. The van der Waals surface area contributed by atoms with E-state index in [1.54, 1.807) is 19.0 Å². The summed E-state index contributed by atoms with van der Waals surface area (Å²) in [6.07, 6.45) is 16.8.